The normalized spacial score (nSPS) is 11.3. The van der Waals surface area contributed by atoms with E-state index in [-0.39, 0.29) is 12.3 Å². The molecule has 0 aliphatic carbocycles. The number of thioether (sulfide) groups is 1. The quantitative estimate of drug-likeness (QED) is 0.522. The van der Waals surface area contributed by atoms with Gasteiger partial charge in [0.25, 0.3) is 5.89 Å². The van der Waals surface area contributed by atoms with Gasteiger partial charge in [-0.25, -0.2) is 0 Å². The van der Waals surface area contributed by atoms with Crippen LogP contribution in [0.1, 0.15) is 17.9 Å². The van der Waals surface area contributed by atoms with Gasteiger partial charge >= 0.3 is 0 Å². The summed E-state index contributed by atoms with van der Waals surface area (Å²) in [6.07, 6.45) is 3.34. The zero-order valence-corrected chi connectivity index (χ0v) is 17.0. The number of aromatic nitrogens is 2. The molecular weight excluding hydrogens is 392 g/mol. The number of nitrogens with zero attached hydrogens (tertiary/aromatic N) is 2. The van der Waals surface area contributed by atoms with Crippen LogP contribution in [0.2, 0.25) is 0 Å². The highest BCUT2D eigenvalue weighted by molar-refractivity contribution is 7.98. The summed E-state index contributed by atoms with van der Waals surface area (Å²) >= 11 is 1.63. The highest BCUT2D eigenvalue weighted by atomic mass is 32.2. The van der Waals surface area contributed by atoms with E-state index in [1.165, 1.54) is 7.11 Å². The lowest BCUT2D eigenvalue weighted by Gasteiger charge is -2.07. The third-order valence-corrected chi connectivity index (χ3v) is 4.88. The number of aliphatic carboxylic acids is 1. The highest BCUT2D eigenvalue weighted by Crippen LogP contribution is 2.32. The van der Waals surface area contributed by atoms with Crippen LogP contribution in [0.15, 0.2) is 51.9 Å². The Kier molecular flexibility index (Phi) is 6.56. The van der Waals surface area contributed by atoms with E-state index >= 15 is 0 Å². The summed E-state index contributed by atoms with van der Waals surface area (Å²) in [6, 6.07) is 12.9. The third-order valence-electron chi connectivity index (χ3n) is 4.13. The Balaban J connectivity index is 1.95. The lowest BCUT2D eigenvalue weighted by Crippen LogP contribution is -2.22. The first-order chi connectivity index (χ1) is 14.0. The van der Waals surface area contributed by atoms with Gasteiger partial charge in [-0.15, -0.1) is 11.8 Å². The van der Waals surface area contributed by atoms with Crippen LogP contribution in [-0.2, 0) is 4.79 Å². The molecule has 0 spiro atoms. The first kappa shape index (κ1) is 20.5. The lowest BCUT2D eigenvalue weighted by molar-refractivity contribution is -0.304. The van der Waals surface area contributed by atoms with E-state index < -0.39 is 5.97 Å². The van der Waals surface area contributed by atoms with E-state index in [1.807, 2.05) is 30.5 Å². The number of carbonyl (C=O) groups is 1. The molecule has 0 fully saturated rings. The van der Waals surface area contributed by atoms with Crippen molar-refractivity contribution in [3.8, 4) is 22.9 Å². The average Bonchev–Trinajstić information content (AvgIpc) is 3.23. The molecule has 3 aromatic rings. The van der Waals surface area contributed by atoms with Gasteiger partial charge in [-0.05, 0) is 48.2 Å². The van der Waals surface area contributed by atoms with Gasteiger partial charge in [-0.3, -0.25) is 0 Å². The largest absolute Gasteiger partial charge is 0.550 e. The van der Waals surface area contributed by atoms with Gasteiger partial charge in [0.15, 0.2) is 11.5 Å². The molecule has 0 radical (unpaired) electrons. The smallest absolute Gasteiger partial charge is 0.254 e. The van der Waals surface area contributed by atoms with Gasteiger partial charge in [-0.1, -0.05) is 17.3 Å². The molecule has 29 heavy (non-hydrogen) atoms. The third kappa shape index (κ3) is 4.97. The molecule has 1 aromatic heterocycles. The van der Waals surface area contributed by atoms with Crippen molar-refractivity contribution in [2.45, 2.75) is 11.3 Å². The van der Waals surface area contributed by atoms with Crippen molar-refractivity contribution in [1.29, 1.82) is 0 Å². The van der Waals surface area contributed by atoms with E-state index in [2.05, 4.69) is 10.1 Å². The molecule has 0 saturated heterocycles. The second-order valence-electron chi connectivity index (χ2n) is 5.98. The molecule has 0 aliphatic rings. The number of hydrogen-bond donors (Lipinski definition) is 0. The summed E-state index contributed by atoms with van der Waals surface area (Å²) in [5.41, 5.74) is 1.83. The van der Waals surface area contributed by atoms with Crippen LogP contribution in [0.25, 0.3) is 23.0 Å². The average molecular weight is 411 g/mol. The topological polar surface area (TPSA) is 97.5 Å². The Labute approximate surface area is 172 Å². The van der Waals surface area contributed by atoms with Crippen LogP contribution >= 0.6 is 11.8 Å². The second-order valence-corrected chi connectivity index (χ2v) is 6.86. The summed E-state index contributed by atoms with van der Waals surface area (Å²) in [5, 5.41) is 15.2. The number of carboxylic acid groups (broad SMARTS) is 1. The molecule has 1 heterocycles. The molecule has 7 nitrogen and oxygen atoms in total. The molecule has 0 atom stereocenters. The minimum absolute atomic E-state index is 0.118. The van der Waals surface area contributed by atoms with E-state index in [4.69, 9.17) is 14.0 Å². The molecule has 0 bridgehead atoms. The number of benzene rings is 2. The maximum absolute atomic E-state index is 11.2. The molecule has 8 heteroatoms. The molecule has 3 rings (SSSR count). The predicted molar refractivity (Wildman–Crippen MR) is 109 cm³/mol. The molecule has 0 unspecified atom stereocenters. The van der Waals surface area contributed by atoms with Gasteiger partial charge in [-0.2, -0.15) is 4.98 Å². The van der Waals surface area contributed by atoms with Crippen molar-refractivity contribution in [2.75, 3.05) is 20.5 Å². The minimum atomic E-state index is -1.23. The Bertz CT molecular complexity index is 1030. The Morgan fingerprint density at radius 2 is 1.86 bits per heavy atom. The van der Waals surface area contributed by atoms with Gasteiger partial charge in [0.1, 0.15) is 0 Å². The van der Waals surface area contributed by atoms with E-state index in [9.17, 15) is 9.90 Å². The standard InChI is InChI=1S/C21H20N2O5S/c1-26-17-9-6-14(11-18(17)27-2)20-22-21(28-23-20)15(12-19(24)25)10-13-4-7-16(29-3)8-5-13/h4-11H,12H2,1-3H3,(H,24,25)/p-1/b15-10+. The molecular formula is C21H19N2O5S-. The van der Waals surface area contributed by atoms with E-state index in [0.29, 0.717) is 28.5 Å². The van der Waals surface area contributed by atoms with Gasteiger partial charge in [0.05, 0.1) is 14.2 Å². The fourth-order valence-electron chi connectivity index (χ4n) is 2.69. The summed E-state index contributed by atoms with van der Waals surface area (Å²) in [7, 11) is 3.08. The molecule has 0 saturated carbocycles. The zero-order chi connectivity index (χ0) is 20.8. The van der Waals surface area contributed by atoms with Crippen LogP contribution in [-0.4, -0.2) is 36.6 Å². The van der Waals surface area contributed by atoms with Crippen molar-refractivity contribution in [3.05, 3.63) is 53.9 Å². The SMILES string of the molecule is COc1ccc(-c2noc(/C(=C/c3ccc(SC)cc3)CC(=O)[O-])n2)cc1OC. The van der Waals surface area contributed by atoms with Gasteiger partial charge in [0, 0.05) is 28.4 Å². The van der Waals surface area contributed by atoms with Crippen molar-refractivity contribution in [2.24, 2.45) is 0 Å². The summed E-state index contributed by atoms with van der Waals surface area (Å²) in [6.45, 7) is 0. The van der Waals surface area contributed by atoms with Crippen LogP contribution in [0.4, 0.5) is 0 Å². The number of hydrogen-bond acceptors (Lipinski definition) is 8. The van der Waals surface area contributed by atoms with Crippen molar-refractivity contribution < 1.29 is 23.9 Å². The monoisotopic (exact) mass is 411 g/mol. The van der Waals surface area contributed by atoms with Crippen LogP contribution in [0.5, 0.6) is 11.5 Å². The number of rotatable bonds is 8. The highest BCUT2D eigenvalue weighted by Gasteiger charge is 2.15. The van der Waals surface area contributed by atoms with Crippen LogP contribution in [0.3, 0.4) is 0 Å². The van der Waals surface area contributed by atoms with Crippen LogP contribution < -0.4 is 14.6 Å². The number of ether oxygens (including phenoxy) is 2. The zero-order valence-electron chi connectivity index (χ0n) is 16.2. The van der Waals surface area contributed by atoms with Crippen molar-refractivity contribution in [3.63, 3.8) is 0 Å². The summed E-state index contributed by atoms with van der Waals surface area (Å²) in [5.74, 6) is 0.292. The van der Waals surface area contributed by atoms with E-state index in [1.54, 1.807) is 43.1 Å². The molecule has 0 amide bonds. The first-order valence-corrected chi connectivity index (χ1v) is 9.87. The Morgan fingerprint density at radius 1 is 1.14 bits per heavy atom. The van der Waals surface area contributed by atoms with Gasteiger partial charge < -0.3 is 23.9 Å². The van der Waals surface area contributed by atoms with Crippen molar-refractivity contribution in [1.82, 2.24) is 10.1 Å². The Morgan fingerprint density at radius 3 is 2.48 bits per heavy atom. The minimum Gasteiger partial charge on any atom is -0.550 e. The van der Waals surface area contributed by atoms with Gasteiger partial charge in [0.2, 0.25) is 5.82 Å². The second kappa shape index (κ2) is 9.29. The van der Waals surface area contributed by atoms with E-state index in [0.717, 1.165) is 10.5 Å². The van der Waals surface area contributed by atoms with Crippen LogP contribution in [0, 0.1) is 0 Å². The van der Waals surface area contributed by atoms with Crippen molar-refractivity contribution >= 4 is 29.4 Å². The number of carboxylic acids is 1. The predicted octanol–water partition coefficient (Wildman–Crippen LogP) is 3.16. The maximum Gasteiger partial charge on any atom is 0.254 e. The fraction of sp³-hybridized carbons (Fsp3) is 0.190. The first-order valence-electron chi connectivity index (χ1n) is 8.65. The Hall–Kier alpha value is -3.26. The number of methoxy groups -OCH3 is 2. The lowest BCUT2D eigenvalue weighted by atomic mass is 10.1. The fourth-order valence-corrected chi connectivity index (χ4v) is 3.10. The number of carbonyl (C=O) groups excluding carboxylic acids is 1. The molecule has 0 aliphatic heterocycles. The summed E-state index contributed by atoms with van der Waals surface area (Å²) in [4.78, 5) is 16.7. The molecule has 2 aromatic carbocycles. The molecule has 150 valence electrons. The summed E-state index contributed by atoms with van der Waals surface area (Å²) < 4.78 is 15.9. The maximum atomic E-state index is 11.2. The molecule has 0 N–H and O–H groups in total.